The monoisotopic (exact) mass is 496 g/mol. The van der Waals surface area contributed by atoms with E-state index in [4.69, 9.17) is 0 Å². The minimum Gasteiger partial charge on any atom is -0.334 e. The number of unbranched alkanes of at least 4 members (excludes halogenated alkanes) is 1. The number of aldehydes is 1. The van der Waals surface area contributed by atoms with Crippen LogP contribution in [0, 0.1) is 0 Å². The van der Waals surface area contributed by atoms with Gasteiger partial charge < -0.3 is 4.57 Å². The van der Waals surface area contributed by atoms with E-state index in [1.807, 2.05) is 60.3 Å². The quantitative estimate of drug-likeness (QED) is 0.293. The SMILES string of the molecule is CCCCc1cn(-c2c(C=O)ccn2CC)c(=O)n1Cc1cc(-c2cccc(-c3nnn[nH]3)c2)ccn1. The van der Waals surface area contributed by atoms with Crippen molar-refractivity contribution in [2.24, 2.45) is 0 Å². The van der Waals surface area contributed by atoms with E-state index in [0.29, 0.717) is 30.3 Å². The van der Waals surface area contributed by atoms with E-state index < -0.39 is 0 Å². The maximum Gasteiger partial charge on any atom is 0.334 e. The summed E-state index contributed by atoms with van der Waals surface area (Å²) < 4.78 is 5.27. The third kappa shape index (κ3) is 4.77. The number of aromatic amines is 1. The van der Waals surface area contributed by atoms with Crippen molar-refractivity contribution < 1.29 is 4.79 Å². The molecular weight excluding hydrogens is 468 g/mol. The molecule has 5 rings (SSSR count). The van der Waals surface area contributed by atoms with Gasteiger partial charge in [0.1, 0.15) is 5.82 Å². The second kappa shape index (κ2) is 10.6. The molecule has 0 spiro atoms. The van der Waals surface area contributed by atoms with Crippen LogP contribution in [0.1, 0.15) is 48.4 Å². The van der Waals surface area contributed by atoms with Crippen LogP contribution in [0.15, 0.2) is 65.8 Å². The van der Waals surface area contributed by atoms with E-state index in [9.17, 15) is 9.59 Å². The molecule has 0 bridgehead atoms. The van der Waals surface area contributed by atoms with Crippen molar-refractivity contribution in [3.63, 3.8) is 0 Å². The zero-order valence-corrected chi connectivity index (χ0v) is 20.8. The number of H-pyrrole nitrogens is 1. The summed E-state index contributed by atoms with van der Waals surface area (Å²) in [7, 11) is 0. The van der Waals surface area contributed by atoms with Crippen LogP contribution in [0.5, 0.6) is 0 Å². The lowest BCUT2D eigenvalue weighted by Gasteiger charge is -2.09. The van der Waals surface area contributed by atoms with E-state index in [1.54, 1.807) is 21.4 Å². The number of aryl methyl sites for hydroxylation is 2. The number of tetrazole rings is 1. The summed E-state index contributed by atoms with van der Waals surface area (Å²) in [6.45, 7) is 5.09. The zero-order chi connectivity index (χ0) is 25.8. The van der Waals surface area contributed by atoms with Gasteiger partial charge >= 0.3 is 5.69 Å². The molecule has 5 aromatic rings. The number of nitrogens with one attached hydrogen (secondary N) is 1. The van der Waals surface area contributed by atoms with E-state index in [2.05, 4.69) is 32.5 Å². The van der Waals surface area contributed by atoms with Crippen LogP contribution >= 0.6 is 0 Å². The Bertz CT molecular complexity index is 1580. The van der Waals surface area contributed by atoms with Gasteiger partial charge in [0.05, 0.1) is 17.8 Å². The lowest BCUT2D eigenvalue weighted by molar-refractivity contribution is 0.112. The van der Waals surface area contributed by atoms with Crippen molar-refractivity contribution >= 4 is 6.29 Å². The number of carbonyl (C=O) groups is 1. The van der Waals surface area contributed by atoms with Crippen LogP contribution < -0.4 is 5.69 Å². The molecule has 188 valence electrons. The smallest absolute Gasteiger partial charge is 0.334 e. The molecule has 0 aliphatic heterocycles. The van der Waals surface area contributed by atoms with E-state index in [1.165, 1.54) is 0 Å². The summed E-state index contributed by atoms with van der Waals surface area (Å²) >= 11 is 0. The fraction of sp³-hybridized carbons (Fsp3) is 0.259. The Kier molecular flexibility index (Phi) is 6.89. The average molecular weight is 497 g/mol. The molecule has 10 heteroatoms. The van der Waals surface area contributed by atoms with Gasteiger partial charge in [0.25, 0.3) is 0 Å². The highest BCUT2D eigenvalue weighted by molar-refractivity contribution is 5.80. The largest absolute Gasteiger partial charge is 0.334 e. The van der Waals surface area contributed by atoms with E-state index in [-0.39, 0.29) is 5.69 Å². The molecule has 0 amide bonds. The Morgan fingerprint density at radius 3 is 2.65 bits per heavy atom. The first-order valence-corrected chi connectivity index (χ1v) is 12.4. The molecule has 4 heterocycles. The molecule has 0 aliphatic carbocycles. The van der Waals surface area contributed by atoms with Gasteiger partial charge in [-0.05, 0) is 65.6 Å². The van der Waals surface area contributed by atoms with Crippen LogP contribution in [0.3, 0.4) is 0 Å². The summed E-state index contributed by atoms with van der Waals surface area (Å²) in [5, 5.41) is 14.1. The lowest BCUT2D eigenvalue weighted by Crippen LogP contribution is -2.26. The predicted molar refractivity (Wildman–Crippen MR) is 140 cm³/mol. The molecule has 0 saturated carbocycles. The fourth-order valence-corrected chi connectivity index (χ4v) is 4.54. The standard InChI is InChI=1S/C27H28N8O2/c1-3-5-9-24-17-35(26-22(18-36)11-13-33(26)4-2)27(37)34(24)16-23-15-20(10-12-28-23)19-7-6-8-21(14-19)25-29-31-32-30-25/h6-8,10-15,17-18H,3-5,9,16H2,1-2H3,(H,29,30,31,32). The second-order valence-electron chi connectivity index (χ2n) is 8.83. The summed E-state index contributed by atoms with van der Waals surface area (Å²) in [4.78, 5) is 29.9. The molecule has 0 aliphatic rings. The first kappa shape index (κ1) is 24.1. The summed E-state index contributed by atoms with van der Waals surface area (Å²) in [6, 6.07) is 13.6. The van der Waals surface area contributed by atoms with Gasteiger partial charge in [-0.1, -0.05) is 31.5 Å². The van der Waals surface area contributed by atoms with Crippen molar-refractivity contribution in [3.05, 3.63) is 88.5 Å². The first-order valence-electron chi connectivity index (χ1n) is 12.4. The zero-order valence-electron chi connectivity index (χ0n) is 20.8. The van der Waals surface area contributed by atoms with Crippen LogP contribution in [0.4, 0.5) is 0 Å². The van der Waals surface area contributed by atoms with Crippen molar-refractivity contribution in [2.75, 3.05) is 0 Å². The predicted octanol–water partition coefficient (Wildman–Crippen LogP) is 3.91. The Hall–Kier alpha value is -4.60. The maximum absolute atomic E-state index is 13.7. The minimum absolute atomic E-state index is 0.186. The number of imidazole rings is 1. The Balaban J connectivity index is 1.52. The average Bonchev–Trinajstić information content (AvgIpc) is 3.68. The molecule has 0 atom stereocenters. The summed E-state index contributed by atoms with van der Waals surface area (Å²) in [5.41, 5.74) is 4.83. The highest BCUT2D eigenvalue weighted by Gasteiger charge is 2.18. The van der Waals surface area contributed by atoms with Crippen LogP contribution in [0.2, 0.25) is 0 Å². The van der Waals surface area contributed by atoms with Crippen LogP contribution in [-0.2, 0) is 19.5 Å². The maximum atomic E-state index is 13.7. The van der Waals surface area contributed by atoms with Crippen molar-refractivity contribution in [3.8, 4) is 28.3 Å². The van der Waals surface area contributed by atoms with Gasteiger partial charge in [-0.15, -0.1) is 5.10 Å². The van der Waals surface area contributed by atoms with E-state index in [0.717, 1.165) is 53.6 Å². The fourth-order valence-electron chi connectivity index (χ4n) is 4.54. The number of nitrogens with zero attached hydrogens (tertiary/aromatic N) is 7. The molecular formula is C27H28N8O2. The highest BCUT2D eigenvalue weighted by Crippen LogP contribution is 2.25. The number of aromatic nitrogens is 8. The minimum atomic E-state index is -0.186. The number of rotatable bonds is 10. The molecule has 0 fully saturated rings. The van der Waals surface area contributed by atoms with Gasteiger partial charge in [-0.3, -0.25) is 18.9 Å². The topological polar surface area (TPSA) is 116 Å². The molecule has 4 aromatic heterocycles. The second-order valence-corrected chi connectivity index (χ2v) is 8.83. The van der Waals surface area contributed by atoms with Gasteiger partial charge in [-0.25, -0.2) is 9.89 Å². The van der Waals surface area contributed by atoms with Gasteiger partial charge in [0.15, 0.2) is 12.1 Å². The summed E-state index contributed by atoms with van der Waals surface area (Å²) in [6.07, 6.45) is 8.98. The molecule has 1 aromatic carbocycles. The number of hydrogen-bond donors (Lipinski definition) is 1. The number of carbonyl (C=O) groups excluding carboxylic acids is 1. The summed E-state index contributed by atoms with van der Waals surface area (Å²) in [5.74, 6) is 1.19. The Morgan fingerprint density at radius 2 is 1.89 bits per heavy atom. The number of hydrogen-bond acceptors (Lipinski definition) is 6. The Labute approximate surface area is 213 Å². The van der Waals surface area contributed by atoms with E-state index >= 15 is 0 Å². The molecule has 37 heavy (non-hydrogen) atoms. The third-order valence-corrected chi connectivity index (χ3v) is 6.46. The van der Waals surface area contributed by atoms with Gasteiger partial charge in [0.2, 0.25) is 0 Å². The van der Waals surface area contributed by atoms with Crippen molar-refractivity contribution in [1.29, 1.82) is 0 Å². The van der Waals surface area contributed by atoms with Crippen LogP contribution in [-0.4, -0.2) is 45.6 Å². The van der Waals surface area contributed by atoms with Crippen molar-refractivity contribution in [2.45, 2.75) is 46.2 Å². The highest BCUT2D eigenvalue weighted by atomic mass is 16.2. The van der Waals surface area contributed by atoms with Crippen molar-refractivity contribution in [1.82, 2.24) is 39.3 Å². The molecule has 10 nitrogen and oxygen atoms in total. The normalized spacial score (nSPS) is 11.2. The van der Waals surface area contributed by atoms with Crippen LogP contribution in [0.25, 0.3) is 28.3 Å². The molecule has 0 saturated heterocycles. The van der Waals surface area contributed by atoms with Gasteiger partial charge in [-0.2, -0.15) is 0 Å². The number of benzene rings is 1. The Morgan fingerprint density at radius 1 is 1.05 bits per heavy atom. The molecule has 0 radical (unpaired) electrons. The van der Waals surface area contributed by atoms with Gasteiger partial charge in [0, 0.05) is 36.4 Å². The number of pyridine rings is 1. The first-order chi connectivity index (χ1) is 18.1. The lowest BCUT2D eigenvalue weighted by atomic mass is 10.0. The molecule has 0 unspecified atom stereocenters. The third-order valence-electron chi connectivity index (χ3n) is 6.46. The molecule has 1 N–H and O–H groups in total.